The van der Waals surface area contributed by atoms with Crippen LogP contribution in [0.3, 0.4) is 0 Å². The first-order valence-electron chi connectivity index (χ1n) is 5.19. The number of alkyl halides is 1. The normalized spacial score (nSPS) is 18.7. The van der Waals surface area contributed by atoms with E-state index in [0.717, 1.165) is 5.56 Å². The van der Waals surface area contributed by atoms with E-state index in [1.807, 2.05) is 6.07 Å². The second-order valence-corrected chi connectivity index (χ2v) is 5.61. The van der Waals surface area contributed by atoms with Crippen molar-refractivity contribution >= 4 is 27.5 Å². The lowest BCUT2D eigenvalue weighted by Crippen LogP contribution is -2.16. The van der Waals surface area contributed by atoms with Crippen molar-refractivity contribution in [3.63, 3.8) is 0 Å². The van der Waals surface area contributed by atoms with E-state index in [4.69, 9.17) is 11.6 Å². The van der Waals surface area contributed by atoms with Gasteiger partial charge in [-0.2, -0.15) is 0 Å². The van der Waals surface area contributed by atoms with Crippen molar-refractivity contribution < 1.29 is 4.39 Å². The second kappa shape index (κ2) is 4.42. The van der Waals surface area contributed by atoms with Crippen LogP contribution >= 0.6 is 27.5 Å². The Balaban J connectivity index is 2.30. The van der Waals surface area contributed by atoms with Gasteiger partial charge in [0.15, 0.2) is 0 Å². The van der Waals surface area contributed by atoms with Crippen LogP contribution in [0.2, 0.25) is 5.02 Å². The SMILES string of the molecule is Cc1cc(C(Br)C2CCC2)c(Cl)cc1F. The summed E-state index contributed by atoms with van der Waals surface area (Å²) in [6.45, 7) is 1.77. The number of halogens is 3. The summed E-state index contributed by atoms with van der Waals surface area (Å²) in [4.78, 5) is 0.276. The zero-order valence-corrected chi connectivity index (χ0v) is 10.9. The number of benzene rings is 1. The highest BCUT2D eigenvalue weighted by Crippen LogP contribution is 2.45. The Hall–Kier alpha value is -0.0800. The fourth-order valence-electron chi connectivity index (χ4n) is 1.88. The smallest absolute Gasteiger partial charge is 0.127 e. The molecule has 0 heterocycles. The summed E-state index contributed by atoms with van der Waals surface area (Å²) in [5, 5.41) is 0.534. The highest BCUT2D eigenvalue weighted by molar-refractivity contribution is 9.09. The predicted molar refractivity (Wildman–Crippen MR) is 65.2 cm³/mol. The molecular formula is C12H13BrClF. The van der Waals surface area contributed by atoms with E-state index in [1.165, 1.54) is 25.3 Å². The molecule has 1 unspecified atom stereocenters. The third-order valence-electron chi connectivity index (χ3n) is 3.14. The maximum absolute atomic E-state index is 13.2. The summed E-state index contributed by atoms with van der Waals surface area (Å²) in [7, 11) is 0. The summed E-state index contributed by atoms with van der Waals surface area (Å²) in [6.07, 6.45) is 3.77. The molecule has 3 heteroatoms. The van der Waals surface area contributed by atoms with E-state index in [0.29, 0.717) is 16.5 Å². The highest BCUT2D eigenvalue weighted by atomic mass is 79.9. The zero-order valence-electron chi connectivity index (χ0n) is 8.56. The monoisotopic (exact) mass is 290 g/mol. The fraction of sp³-hybridized carbons (Fsp3) is 0.500. The van der Waals surface area contributed by atoms with Crippen molar-refractivity contribution in [2.24, 2.45) is 5.92 Å². The van der Waals surface area contributed by atoms with Crippen LogP contribution in [-0.4, -0.2) is 0 Å². The average molecular weight is 292 g/mol. The molecule has 0 bridgehead atoms. The zero-order chi connectivity index (χ0) is 11.0. The molecule has 1 fully saturated rings. The Morgan fingerprint density at radius 1 is 1.47 bits per heavy atom. The minimum Gasteiger partial charge on any atom is -0.207 e. The summed E-state index contributed by atoms with van der Waals surface area (Å²) in [6, 6.07) is 3.27. The first kappa shape index (κ1) is 11.4. The number of rotatable bonds is 2. The molecule has 0 aliphatic heterocycles. The lowest BCUT2D eigenvalue weighted by Gasteiger charge is -2.31. The van der Waals surface area contributed by atoms with Crippen LogP contribution in [0, 0.1) is 18.7 Å². The molecule has 0 amide bonds. The summed E-state index contributed by atoms with van der Waals surface area (Å²) >= 11 is 9.72. The molecule has 82 valence electrons. The summed E-state index contributed by atoms with van der Waals surface area (Å²) in [5.41, 5.74) is 1.69. The van der Waals surface area contributed by atoms with Gasteiger partial charge in [-0.3, -0.25) is 0 Å². The molecule has 15 heavy (non-hydrogen) atoms. The van der Waals surface area contributed by atoms with Crippen LogP contribution in [-0.2, 0) is 0 Å². The second-order valence-electron chi connectivity index (χ2n) is 4.22. The van der Waals surface area contributed by atoms with E-state index in [2.05, 4.69) is 15.9 Å². The van der Waals surface area contributed by atoms with E-state index in [-0.39, 0.29) is 10.6 Å². The van der Waals surface area contributed by atoms with Crippen LogP contribution in [0.5, 0.6) is 0 Å². The fourth-order valence-corrected chi connectivity index (χ4v) is 3.18. The number of hydrogen-bond acceptors (Lipinski definition) is 0. The van der Waals surface area contributed by atoms with Crippen LogP contribution in [0.15, 0.2) is 12.1 Å². The molecule has 0 spiro atoms. The van der Waals surface area contributed by atoms with Gasteiger partial charge in [0, 0.05) is 9.85 Å². The van der Waals surface area contributed by atoms with Crippen LogP contribution in [0.1, 0.15) is 35.2 Å². The van der Waals surface area contributed by atoms with E-state index in [1.54, 1.807) is 6.92 Å². The number of aryl methyl sites for hydroxylation is 1. The van der Waals surface area contributed by atoms with Gasteiger partial charge in [-0.1, -0.05) is 40.0 Å². The molecule has 0 N–H and O–H groups in total. The first-order valence-corrected chi connectivity index (χ1v) is 6.48. The minimum absolute atomic E-state index is 0.225. The van der Waals surface area contributed by atoms with Crippen molar-refractivity contribution in [3.05, 3.63) is 34.1 Å². The molecule has 1 atom stereocenters. The van der Waals surface area contributed by atoms with Gasteiger partial charge in [0.2, 0.25) is 0 Å². The Morgan fingerprint density at radius 3 is 2.67 bits per heavy atom. The average Bonchev–Trinajstić information content (AvgIpc) is 2.08. The maximum atomic E-state index is 13.2. The third kappa shape index (κ3) is 2.21. The van der Waals surface area contributed by atoms with Crippen LogP contribution in [0.4, 0.5) is 4.39 Å². The van der Waals surface area contributed by atoms with Gasteiger partial charge in [0.25, 0.3) is 0 Å². The van der Waals surface area contributed by atoms with Crippen LogP contribution < -0.4 is 0 Å². The quantitative estimate of drug-likeness (QED) is 0.671. The standard InChI is InChI=1S/C12H13BrClF/c1-7-5-9(10(14)6-11(7)15)12(13)8-3-2-4-8/h5-6,8,12H,2-4H2,1H3. The molecule has 1 aliphatic carbocycles. The maximum Gasteiger partial charge on any atom is 0.127 e. The van der Waals surface area contributed by atoms with Crippen molar-refractivity contribution in [2.75, 3.05) is 0 Å². The molecule has 1 aromatic rings. The molecule has 1 aliphatic rings. The van der Waals surface area contributed by atoms with Gasteiger partial charge in [0.05, 0.1) is 0 Å². The van der Waals surface area contributed by atoms with Gasteiger partial charge in [0.1, 0.15) is 5.82 Å². The van der Waals surface area contributed by atoms with Crippen molar-refractivity contribution in [3.8, 4) is 0 Å². The van der Waals surface area contributed by atoms with Gasteiger partial charge in [-0.25, -0.2) is 4.39 Å². The summed E-state index contributed by atoms with van der Waals surface area (Å²) < 4.78 is 13.2. The van der Waals surface area contributed by atoms with Crippen molar-refractivity contribution in [1.29, 1.82) is 0 Å². The first-order chi connectivity index (χ1) is 7.09. The minimum atomic E-state index is -0.225. The van der Waals surface area contributed by atoms with Crippen molar-refractivity contribution in [2.45, 2.75) is 31.0 Å². The van der Waals surface area contributed by atoms with E-state index in [9.17, 15) is 4.39 Å². The lowest BCUT2D eigenvalue weighted by molar-refractivity contribution is 0.312. The Morgan fingerprint density at radius 2 is 2.13 bits per heavy atom. The Bertz CT molecular complexity index is 374. The largest absolute Gasteiger partial charge is 0.207 e. The molecule has 2 rings (SSSR count). The van der Waals surface area contributed by atoms with Gasteiger partial charge < -0.3 is 0 Å². The predicted octanol–water partition coefficient (Wildman–Crippen LogP) is 5.02. The molecule has 0 saturated heterocycles. The third-order valence-corrected chi connectivity index (χ3v) is 4.71. The van der Waals surface area contributed by atoms with Gasteiger partial charge in [-0.05, 0) is 42.9 Å². The Kier molecular flexibility index (Phi) is 3.36. The Labute approximate surface area is 103 Å². The summed E-state index contributed by atoms with van der Waals surface area (Å²) in [5.74, 6) is 0.435. The van der Waals surface area contributed by atoms with Crippen LogP contribution in [0.25, 0.3) is 0 Å². The molecular weight excluding hydrogens is 278 g/mol. The molecule has 1 aromatic carbocycles. The van der Waals surface area contributed by atoms with E-state index < -0.39 is 0 Å². The molecule has 1 saturated carbocycles. The highest BCUT2D eigenvalue weighted by Gasteiger charge is 2.28. The molecule has 0 aromatic heterocycles. The van der Waals surface area contributed by atoms with E-state index >= 15 is 0 Å². The van der Waals surface area contributed by atoms with Gasteiger partial charge >= 0.3 is 0 Å². The molecule has 0 radical (unpaired) electrons. The van der Waals surface area contributed by atoms with Crippen molar-refractivity contribution in [1.82, 2.24) is 0 Å². The van der Waals surface area contributed by atoms with Gasteiger partial charge in [-0.15, -0.1) is 0 Å². The lowest BCUT2D eigenvalue weighted by atomic mass is 9.80. The number of hydrogen-bond donors (Lipinski definition) is 0. The molecule has 0 nitrogen and oxygen atoms in total. The topological polar surface area (TPSA) is 0 Å².